The van der Waals surface area contributed by atoms with Gasteiger partial charge < -0.3 is 0 Å². The van der Waals surface area contributed by atoms with Crippen LogP contribution in [0.4, 0.5) is 0 Å². The molecule has 84 valence electrons. The highest BCUT2D eigenvalue weighted by Crippen LogP contribution is 2.43. The van der Waals surface area contributed by atoms with Gasteiger partial charge in [-0.3, -0.25) is 0 Å². The summed E-state index contributed by atoms with van der Waals surface area (Å²) in [5, 5.41) is 0. The molecule has 0 N–H and O–H groups in total. The third kappa shape index (κ3) is 4.06. The molecule has 0 nitrogen and oxygen atoms in total. The summed E-state index contributed by atoms with van der Waals surface area (Å²) in [5.74, 6) is 0.877. The summed E-state index contributed by atoms with van der Waals surface area (Å²) in [5.41, 5.74) is 1.04. The Morgan fingerprint density at radius 1 is 1.00 bits per heavy atom. The van der Waals surface area contributed by atoms with Crippen LogP contribution in [0.5, 0.6) is 0 Å². The molecule has 0 aromatic heterocycles. The first kappa shape index (κ1) is 14.1. The van der Waals surface area contributed by atoms with Crippen LogP contribution in [-0.4, -0.2) is 7.28 Å². The Hall–Kier alpha value is 0.0649. The first-order valence-corrected chi connectivity index (χ1v) is 6.29. The molecule has 0 bridgehead atoms. The van der Waals surface area contributed by atoms with Crippen molar-refractivity contribution in [3.63, 3.8) is 0 Å². The van der Waals surface area contributed by atoms with E-state index in [1.54, 1.807) is 0 Å². The Bertz CT molecular complexity index is 159. The quantitative estimate of drug-likeness (QED) is 0.548. The lowest BCUT2D eigenvalue weighted by molar-refractivity contribution is 0.227. The summed E-state index contributed by atoms with van der Waals surface area (Å²) in [4.78, 5) is 0. The zero-order chi connectivity index (χ0) is 11.4. The van der Waals surface area contributed by atoms with Crippen molar-refractivity contribution in [1.29, 1.82) is 0 Å². The van der Waals surface area contributed by atoms with Gasteiger partial charge in [0, 0.05) is 0 Å². The fourth-order valence-corrected chi connectivity index (χ4v) is 2.07. The van der Waals surface area contributed by atoms with Gasteiger partial charge in [0.1, 0.15) is 7.28 Å². The molecular weight excluding hydrogens is 167 g/mol. The van der Waals surface area contributed by atoms with Gasteiger partial charge in [0.25, 0.3) is 0 Å². The summed E-state index contributed by atoms with van der Waals surface area (Å²) in [6.07, 6.45) is 3.97. The van der Waals surface area contributed by atoms with E-state index < -0.39 is 0 Å². The predicted molar refractivity (Wildman–Crippen MR) is 69.5 cm³/mol. The van der Waals surface area contributed by atoms with Gasteiger partial charge in [0.2, 0.25) is 0 Å². The second-order valence-electron chi connectivity index (χ2n) is 6.17. The highest BCUT2D eigenvalue weighted by atomic mass is 14.3. The van der Waals surface area contributed by atoms with Gasteiger partial charge >= 0.3 is 0 Å². The molecule has 14 heavy (non-hydrogen) atoms. The molecule has 1 heteroatoms. The van der Waals surface area contributed by atoms with Gasteiger partial charge in [0.05, 0.1) is 0 Å². The van der Waals surface area contributed by atoms with Gasteiger partial charge in [0.15, 0.2) is 0 Å². The van der Waals surface area contributed by atoms with Crippen LogP contribution in [0.2, 0.25) is 12.6 Å². The summed E-state index contributed by atoms with van der Waals surface area (Å²) in [7, 11) is 1.32. The molecule has 0 rings (SSSR count). The van der Waals surface area contributed by atoms with Crippen molar-refractivity contribution in [1.82, 2.24) is 0 Å². The standard InChI is InChI=1S/C13H29B/c1-8-12(3,4)10-11(14-7)13(5,6)9-2/h11,14H,8-10H2,1-7H3. The smallest absolute Gasteiger partial charge is 0.0891 e. The summed E-state index contributed by atoms with van der Waals surface area (Å²) in [6, 6.07) is 0. The van der Waals surface area contributed by atoms with Gasteiger partial charge in [-0.1, -0.05) is 73.4 Å². The lowest BCUT2D eigenvalue weighted by atomic mass is 9.51. The summed E-state index contributed by atoms with van der Waals surface area (Å²) >= 11 is 0. The van der Waals surface area contributed by atoms with E-state index in [1.165, 1.54) is 26.5 Å². The molecule has 0 fully saturated rings. The molecule has 0 aliphatic carbocycles. The largest absolute Gasteiger partial charge is 0.121 e. The van der Waals surface area contributed by atoms with Gasteiger partial charge in [-0.15, -0.1) is 0 Å². The van der Waals surface area contributed by atoms with Crippen LogP contribution in [0, 0.1) is 10.8 Å². The predicted octanol–water partition coefficient (Wildman–Crippen LogP) is 4.52. The maximum Gasteiger partial charge on any atom is 0.121 e. The van der Waals surface area contributed by atoms with Gasteiger partial charge in [-0.2, -0.15) is 0 Å². The lowest BCUT2D eigenvalue weighted by Gasteiger charge is -2.38. The van der Waals surface area contributed by atoms with E-state index in [-0.39, 0.29) is 0 Å². The third-order valence-electron chi connectivity index (χ3n) is 4.27. The molecule has 0 aromatic rings. The van der Waals surface area contributed by atoms with E-state index >= 15 is 0 Å². The van der Waals surface area contributed by atoms with Crippen molar-refractivity contribution in [2.45, 2.75) is 73.4 Å². The van der Waals surface area contributed by atoms with Crippen LogP contribution in [0.1, 0.15) is 60.8 Å². The van der Waals surface area contributed by atoms with Crippen LogP contribution in [-0.2, 0) is 0 Å². The number of hydrogen-bond donors (Lipinski definition) is 0. The summed E-state index contributed by atoms with van der Waals surface area (Å²) < 4.78 is 0. The fraction of sp³-hybridized carbons (Fsp3) is 1.00. The molecule has 1 unspecified atom stereocenters. The molecule has 0 saturated carbocycles. The molecule has 1 atom stereocenters. The highest BCUT2D eigenvalue weighted by Gasteiger charge is 2.31. The lowest BCUT2D eigenvalue weighted by Crippen LogP contribution is -2.27. The molecule has 0 saturated heterocycles. The van der Waals surface area contributed by atoms with Crippen molar-refractivity contribution < 1.29 is 0 Å². The number of hydrogen-bond acceptors (Lipinski definition) is 0. The van der Waals surface area contributed by atoms with E-state index in [9.17, 15) is 0 Å². The molecule has 0 aliphatic heterocycles. The molecule has 0 amide bonds. The van der Waals surface area contributed by atoms with E-state index in [0.717, 1.165) is 5.82 Å². The summed E-state index contributed by atoms with van der Waals surface area (Å²) in [6.45, 7) is 16.6. The third-order valence-corrected chi connectivity index (χ3v) is 4.27. The minimum absolute atomic E-state index is 0.515. The maximum absolute atomic E-state index is 2.42. The molecule has 0 heterocycles. The highest BCUT2D eigenvalue weighted by molar-refractivity contribution is 6.36. The Morgan fingerprint density at radius 3 is 1.79 bits per heavy atom. The minimum Gasteiger partial charge on any atom is -0.0891 e. The molecular formula is C13H29B. The van der Waals surface area contributed by atoms with Crippen LogP contribution >= 0.6 is 0 Å². The normalized spacial score (nSPS) is 15.4. The number of rotatable bonds is 6. The molecule has 0 radical (unpaired) electrons. The second-order valence-corrected chi connectivity index (χ2v) is 6.17. The monoisotopic (exact) mass is 196 g/mol. The SMILES string of the molecule is CBC(CC(C)(C)CC)C(C)(C)CC. The first-order valence-electron chi connectivity index (χ1n) is 6.29. The van der Waals surface area contributed by atoms with E-state index in [2.05, 4.69) is 48.4 Å². The molecule has 0 spiro atoms. The fourth-order valence-electron chi connectivity index (χ4n) is 2.07. The Kier molecular flexibility index (Phi) is 5.26. The van der Waals surface area contributed by atoms with Crippen molar-refractivity contribution >= 4 is 7.28 Å². The van der Waals surface area contributed by atoms with Crippen LogP contribution < -0.4 is 0 Å². The Morgan fingerprint density at radius 2 is 1.50 bits per heavy atom. The van der Waals surface area contributed by atoms with E-state index in [1.807, 2.05) is 0 Å². The van der Waals surface area contributed by atoms with Gasteiger partial charge in [-0.25, -0.2) is 0 Å². The van der Waals surface area contributed by atoms with Crippen molar-refractivity contribution in [3.8, 4) is 0 Å². The van der Waals surface area contributed by atoms with Crippen molar-refractivity contribution in [2.24, 2.45) is 10.8 Å². The molecule has 0 aromatic carbocycles. The van der Waals surface area contributed by atoms with E-state index in [4.69, 9.17) is 0 Å². The van der Waals surface area contributed by atoms with Crippen molar-refractivity contribution in [3.05, 3.63) is 0 Å². The first-order chi connectivity index (χ1) is 6.29. The van der Waals surface area contributed by atoms with Crippen LogP contribution in [0.3, 0.4) is 0 Å². The minimum atomic E-state index is 0.515. The van der Waals surface area contributed by atoms with Crippen LogP contribution in [0.25, 0.3) is 0 Å². The van der Waals surface area contributed by atoms with E-state index in [0.29, 0.717) is 10.8 Å². The van der Waals surface area contributed by atoms with Gasteiger partial charge in [-0.05, 0) is 10.8 Å². The maximum atomic E-state index is 2.42. The van der Waals surface area contributed by atoms with Crippen molar-refractivity contribution in [2.75, 3.05) is 0 Å². The molecule has 0 aliphatic rings. The average molecular weight is 196 g/mol. The Balaban J connectivity index is 4.44. The Labute approximate surface area is 92.1 Å². The zero-order valence-electron chi connectivity index (χ0n) is 11.4. The topological polar surface area (TPSA) is 0 Å². The average Bonchev–Trinajstić information content (AvgIpc) is 2.14. The van der Waals surface area contributed by atoms with Crippen LogP contribution in [0.15, 0.2) is 0 Å². The zero-order valence-corrected chi connectivity index (χ0v) is 11.4. The second kappa shape index (κ2) is 5.23.